The Balaban J connectivity index is 2.43. The van der Waals surface area contributed by atoms with Crippen LogP contribution in [0.5, 0.6) is 0 Å². The number of hydrogen-bond acceptors (Lipinski definition) is 3. The molecule has 0 saturated carbocycles. The van der Waals surface area contributed by atoms with Crippen LogP contribution in [0.2, 0.25) is 0 Å². The van der Waals surface area contributed by atoms with Crippen LogP contribution in [0.4, 0.5) is 0 Å². The summed E-state index contributed by atoms with van der Waals surface area (Å²) in [5, 5.41) is 0. The van der Waals surface area contributed by atoms with Gasteiger partial charge in [0.2, 0.25) is 0 Å². The normalized spacial score (nSPS) is 14.4. The standard InChI is InChI=1S/C15H25NO2/c1-4-13-6-8-14(9-7-13)15(16)12(3)18-11-10-17-5-2/h6-9,12,15H,4-5,10-11,16H2,1-3H3. The largest absolute Gasteiger partial charge is 0.379 e. The van der Waals surface area contributed by atoms with E-state index in [2.05, 4.69) is 31.2 Å². The summed E-state index contributed by atoms with van der Waals surface area (Å²) in [6, 6.07) is 8.35. The highest BCUT2D eigenvalue weighted by Crippen LogP contribution is 2.17. The summed E-state index contributed by atoms with van der Waals surface area (Å²) in [4.78, 5) is 0. The zero-order chi connectivity index (χ0) is 13.4. The van der Waals surface area contributed by atoms with Gasteiger partial charge in [-0.25, -0.2) is 0 Å². The quantitative estimate of drug-likeness (QED) is 0.722. The number of hydrogen-bond donors (Lipinski definition) is 1. The lowest BCUT2D eigenvalue weighted by atomic mass is 10.0. The van der Waals surface area contributed by atoms with Crippen LogP contribution in [0.25, 0.3) is 0 Å². The minimum Gasteiger partial charge on any atom is -0.379 e. The van der Waals surface area contributed by atoms with Crippen LogP contribution in [0, 0.1) is 0 Å². The van der Waals surface area contributed by atoms with Crippen molar-refractivity contribution in [1.82, 2.24) is 0 Å². The first-order valence-electron chi connectivity index (χ1n) is 6.72. The molecule has 0 aliphatic carbocycles. The smallest absolute Gasteiger partial charge is 0.0740 e. The van der Waals surface area contributed by atoms with Gasteiger partial charge in [0.25, 0.3) is 0 Å². The molecule has 0 heterocycles. The van der Waals surface area contributed by atoms with Crippen LogP contribution in [-0.4, -0.2) is 25.9 Å². The zero-order valence-corrected chi connectivity index (χ0v) is 11.7. The van der Waals surface area contributed by atoms with E-state index < -0.39 is 0 Å². The molecule has 18 heavy (non-hydrogen) atoms. The number of benzene rings is 1. The Morgan fingerprint density at radius 1 is 1.11 bits per heavy atom. The molecule has 0 fully saturated rings. The Morgan fingerprint density at radius 3 is 2.33 bits per heavy atom. The van der Waals surface area contributed by atoms with E-state index in [1.165, 1.54) is 5.56 Å². The molecule has 1 aromatic rings. The zero-order valence-electron chi connectivity index (χ0n) is 11.7. The fraction of sp³-hybridized carbons (Fsp3) is 0.600. The lowest BCUT2D eigenvalue weighted by molar-refractivity contribution is 0.00463. The third-order valence-electron chi connectivity index (χ3n) is 3.09. The lowest BCUT2D eigenvalue weighted by Crippen LogP contribution is -2.27. The summed E-state index contributed by atoms with van der Waals surface area (Å²) < 4.78 is 10.9. The third-order valence-corrected chi connectivity index (χ3v) is 3.09. The van der Waals surface area contributed by atoms with Gasteiger partial charge in [-0.3, -0.25) is 0 Å². The Labute approximate surface area is 110 Å². The Morgan fingerprint density at radius 2 is 1.78 bits per heavy atom. The first-order chi connectivity index (χ1) is 8.69. The SMILES string of the molecule is CCOCCOC(C)C(N)c1ccc(CC)cc1. The van der Waals surface area contributed by atoms with Crippen molar-refractivity contribution in [3.63, 3.8) is 0 Å². The minimum atomic E-state index is -0.0856. The molecular formula is C15H25NO2. The fourth-order valence-electron chi connectivity index (χ4n) is 1.79. The summed E-state index contributed by atoms with van der Waals surface area (Å²) >= 11 is 0. The predicted octanol–water partition coefficient (Wildman–Crippen LogP) is 2.69. The van der Waals surface area contributed by atoms with Crippen molar-refractivity contribution in [3.8, 4) is 0 Å². The highest BCUT2D eigenvalue weighted by Gasteiger charge is 2.15. The number of ether oxygens (including phenoxy) is 2. The molecule has 0 spiro atoms. The topological polar surface area (TPSA) is 44.5 Å². The van der Waals surface area contributed by atoms with E-state index in [0.717, 1.165) is 18.6 Å². The Kier molecular flexibility index (Phi) is 6.94. The van der Waals surface area contributed by atoms with Crippen molar-refractivity contribution in [3.05, 3.63) is 35.4 Å². The summed E-state index contributed by atoms with van der Waals surface area (Å²) in [6.45, 7) is 8.07. The van der Waals surface area contributed by atoms with E-state index in [1.54, 1.807) is 0 Å². The van der Waals surface area contributed by atoms with Crippen LogP contribution in [0.3, 0.4) is 0 Å². The molecule has 1 aromatic carbocycles. The molecule has 0 radical (unpaired) electrons. The number of aryl methyl sites for hydroxylation is 1. The van der Waals surface area contributed by atoms with Gasteiger partial charge >= 0.3 is 0 Å². The van der Waals surface area contributed by atoms with E-state index in [4.69, 9.17) is 15.2 Å². The van der Waals surface area contributed by atoms with Crippen LogP contribution in [-0.2, 0) is 15.9 Å². The minimum absolute atomic E-state index is 0.00191. The van der Waals surface area contributed by atoms with Crippen molar-refractivity contribution in [2.45, 2.75) is 39.3 Å². The van der Waals surface area contributed by atoms with Crippen molar-refractivity contribution in [2.75, 3.05) is 19.8 Å². The van der Waals surface area contributed by atoms with Gasteiger partial charge in [0.05, 0.1) is 25.4 Å². The van der Waals surface area contributed by atoms with Crippen molar-refractivity contribution >= 4 is 0 Å². The van der Waals surface area contributed by atoms with E-state index in [0.29, 0.717) is 13.2 Å². The molecule has 2 unspecified atom stereocenters. The Hall–Kier alpha value is -0.900. The first-order valence-corrected chi connectivity index (χ1v) is 6.72. The summed E-state index contributed by atoms with van der Waals surface area (Å²) in [5.74, 6) is 0. The second kappa shape index (κ2) is 8.25. The van der Waals surface area contributed by atoms with Gasteiger partial charge in [0, 0.05) is 6.61 Å². The van der Waals surface area contributed by atoms with Gasteiger partial charge in [-0.15, -0.1) is 0 Å². The second-order valence-corrected chi connectivity index (χ2v) is 4.39. The van der Waals surface area contributed by atoms with Gasteiger partial charge in [0.15, 0.2) is 0 Å². The fourth-order valence-corrected chi connectivity index (χ4v) is 1.79. The molecule has 0 saturated heterocycles. The van der Waals surface area contributed by atoms with Crippen molar-refractivity contribution in [1.29, 1.82) is 0 Å². The van der Waals surface area contributed by atoms with Crippen LogP contribution in [0.15, 0.2) is 24.3 Å². The molecule has 0 aliphatic heterocycles. The van der Waals surface area contributed by atoms with Gasteiger partial charge < -0.3 is 15.2 Å². The number of rotatable bonds is 8. The van der Waals surface area contributed by atoms with E-state index in [9.17, 15) is 0 Å². The van der Waals surface area contributed by atoms with Gasteiger partial charge in [-0.2, -0.15) is 0 Å². The van der Waals surface area contributed by atoms with E-state index >= 15 is 0 Å². The number of nitrogens with two attached hydrogens (primary N) is 1. The summed E-state index contributed by atoms with van der Waals surface area (Å²) in [7, 11) is 0. The third kappa shape index (κ3) is 4.77. The first kappa shape index (κ1) is 15.2. The second-order valence-electron chi connectivity index (χ2n) is 4.39. The van der Waals surface area contributed by atoms with Crippen molar-refractivity contribution in [2.24, 2.45) is 5.73 Å². The molecule has 0 amide bonds. The average Bonchev–Trinajstić information content (AvgIpc) is 2.42. The van der Waals surface area contributed by atoms with E-state index in [1.807, 2.05) is 13.8 Å². The predicted molar refractivity (Wildman–Crippen MR) is 74.7 cm³/mol. The van der Waals surface area contributed by atoms with E-state index in [-0.39, 0.29) is 12.1 Å². The molecule has 3 nitrogen and oxygen atoms in total. The van der Waals surface area contributed by atoms with Gasteiger partial charge in [0.1, 0.15) is 0 Å². The Bertz CT molecular complexity index is 324. The molecule has 2 N–H and O–H groups in total. The van der Waals surface area contributed by atoms with Crippen molar-refractivity contribution < 1.29 is 9.47 Å². The highest BCUT2D eigenvalue weighted by atomic mass is 16.5. The maximum Gasteiger partial charge on any atom is 0.0740 e. The molecule has 102 valence electrons. The molecule has 1 rings (SSSR count). The van der Waals surface area contributed by atoms with Crippen LogP contribution >= 0.6 is 0 Å². The van der Waals surface area contributed by atoms with Crippen LogP contribution < -0.4 is 5.73 Å². The highest BCUT2D eigenvalue weighted by molar-refractivity contribution is 5.25. The average molecular weight is 251 g/mol. The maximum atomic E-state index is 6.18. The molecule has 0 bridgehead atoms. The maximum absolute atomic E-state index is 6.18. The summed E-state index contributed by atoms with van der Waals surface area (Å²) in [6.07, 6.45) is 1.05. The lowest BCUT2D eigenvalue weighted by Gasteiger charge is -2.21. The summed E-state index contributed by atoms with van der Waals surface area (Å²) in [5.41, 5.74) is 8.63. The molecule has 0 aromatic heterocycles. The monoisotopic (exact) mass is 251 g/mol. The molecular weight excluding hydrogens is 226 g/mol. The molecule has 2 atom stereocenters. The molecule has 0 aliphatic rings. The van der Waals surface area contributed by atoms with Crippen LogP contribution in [0.1, 0.15) is 37.9 Å². The van der Waals surface area contributed by atoms with Gasteiger partial charge in [-0.05, 0) is 31.4 Å². The van der Waals surface area contributed by atoms with Gasteiger partial charge in [-0.1, -0.05) is 31.2 Å². The molecule has 3 heteroatoms.